The third-order valence-corrected chi connectivity index (χ3v) is 8.32. The third kappa shape index (κ3) is 4.00. The minimum absolute atomic E-state index is 0.0216. The van der Waals surface area contributed by atoms with E-state index in [-0.39, 0.29) is 48.0 Å². The maximum Gasteiger partial charge on any atom is 0.334 e. The Morgan fingerprint density at radius 3 is 2.25 bits per heavy atom. The Morgan fingerprint density at radius 2 is 1.69 bits per heavy atom. The molecule has 4 aliphatic rings. The van der Waals surface area contributed by atoms with Crippen molar-refractivity contribution in [3.8, 4) is 0 Å². The van der Waals surface area contributed by atoms with E-state index in [1.54, 1.807) is 11.8 Å². The second-order valence-corrected chi connectivity index (χ2v) is 10.7. The van der Waals surface area contributed by atoms with E-state index in [0.29, 0.717) is 19.3 Å². The third-order valence-electron chi connectivity index (χ3n) is 8.32. The van der Waals surface area contributed by atoms with E-state index in [2.05, 4.69) is 5.32 Å². The zero-order valence-corrected chi connectivity index (χ0v) is 21.2. The number of nitrogens with one attached hydrogen (secondary N) is 1. The molecule has 5 N–H and O–H groups in total. The second kappa shape index (κ2) is 9.38. The van der Waals surface area contributed by atoms with Gasteiger partial charge in [-0.05, 0) is 57.3 Å². The Bertz CT molecular complexity index is 1010. The molecule has 2 heterocycles. The fraction of sp³-hybridized carbons (Fsp3) is 0.708. The summed E-state index contributed by atoms with van der Waals surface area (Å²) in [6, 6.07) is -1.46. The van der Waals surface area contributed by atoms with Crippen molar-refractivity contribution in [2.75, 3.05) is 20.3 Å². The molecule has 2 saturated carbocycles. The summed E-state index contributed by atoms with van der Waals surface area (Å²) in [6.07, 6.45) is 5.55. The predicted molar refractivity (Wildman–Crippen MR) is 128 cm³/mol. The molecule has 1 atom stereocenters. The van der Waals surface area contributed by atoms with E-state index in [0.717, 1.165) is 41.9 Å². The molecule has 0 bridgehead atoms. The molecule has 2 aliphatic heterocycles. The van der Waals surface area contributed by atoms with E-state index in [1.807, 2.05) is 6.92 Å². The van der Waals surface area contributed by atoms with Crippen LogP contribution < -0.4 is 16.8 Å². The first kappa shape index (κ1) is 25.9. The van der Waals surface area contributed by atoms with Crippen LogP contribution in [0.1, 0.15) is 65.2 Å². The van der Waals surface area contributed by atoms with Gasteiger partial charge in [0.2, 0.25) is 0 Å². The number of ether oxygens (including phenoxy) is 1. The van der Waals surface area contributed by atoms with Gasteiger partial charge in [0, 0.05) is 25.7 Å². The van der Waals surface area contributed by atoms with Crippen molar-refractivity contribution >= 4 is 29.8 Å². The lowest BCUT2D eigenvalue weighted by Crippen LogP contribution is -2.63. The minimum atomic E-state index is -1.04. The van der Waals surface area contributed by atoms with Gasteiger partial charge in [0.05, 0.1) is 6.61 Å². The average Bonchev–Trinajstić information content (AvgIpc) is 3.00. The van der Waals surface area contributed by atoms with Crippen molar-refractivity contribution in [2.45, 2.75) is 82.8 Å². The molecule has 12 heteroatoms. The van der Waals surface area contributed by atoms with Crippen molar-refractivity contribution in [3.63, 3.8) is 0 Å². The first-order valence-corrected chi connectivity index (χ1v) is 12.6. The summed E-state index contributed by atoms with van der Waals surface area (Å²) in [5, 5.41) is 2.41. The highest BCUT2D eigenvalue weighted by Gasteiger charge is 2.59. The highest BCUT2D eigenvalue weighted by Crippen LogP contribution is 2.55. The van der Waals surface area contributed by atoms with Crippen LogP contribution in [0, 0.1) is 5.41 Å². The number of hydrogen-bond donors (Lipinski definition) is 3. The van der Waals surface area contributed by atoms with Crippen LogP contribution in [0.25, 0.3) is 0 Å². The number of imide groups is 3. The SMILES string of the molecule is CCCCN1C(=O)C(=C(N)N)C(=O)N(C2CCC3(CC2)CC(N2C(=O)NC(=O)[C@@]2(C)COC)C3)C1=O. The molecule has 7 amide bonds. The van der Waals surface area contributed by atoms with Crippen LogP contribution in [0.2, 0.25) is 0 Å². The molecule has 12 nitrogen and oxygen atoms in total. The summed E-state index contributed by atoms with van der Waals surface area (Å²) < 4.78 is 5.23. The van der Waals surface area contributed by atoms with Gasteiger partial charge < -0.3 is 21.1 Å². The van der Waals surface area contributed by atoms with Crippen molar-refractivity contribution in [1.82, 2.24) is 20.0 Å². The van der Waals surface area contributed by atoms with Gasteiger partial charge >= 0.3 is 12.1 Å². The number of urea groups is 2. The molecule has 0 unspecified atom stereocenters. The zero-order chi connectivity index (χ0) is 26.4. The van der Waals surface area contributed by atoms with Gasteiger partial charge in [0.15, 0.2) is 0 Å². The van der Waals surface area contributed by atoms with Gasteiger partial charge in [0.25, 0.3) is 17.7 Å². The Morgan fingerprint density at radius 1 is 1.06 bits per heavy atom. The molecule has 0 aromatic rings. The minimum Gasteiger partial charge on any atom is -0.385 e. The highest BCUT2D eigenvalue weighted by atomic mass is 16.5. The summed E-state index contributed by atoms with van der Waals surface area (Å²) in [5.74, 6) is -2.20. The molecule has 1 spiro atoms. The number of unbranched alkanes of at least 4 members (excludes halogenated alkanes) is 1. The molecule has 0 aromatic carbocycles. The van der Waals surface area contributed by atoms with E-state index in [4.69, 9.17) is 16.2 Å². The number of rotatable bonds is 7. The fourth-order valence-electron chi connectivity index (χ4n) is 6.35. The number of methoxy groups -OCH3 is 1. The van der Waals surface area contributed by atoms with Gasteiger partial charge in [-0.25, -0.2) is 9.59 Å². The lowest BCUT2D eigenvalue weighted by Gasteiger charge is -2.56. The van der Waals surface area contributed by atoms with Crippen LogP contribution in [-0.2, 0) is 19.1 Å². The molecular formula is C24H36N6O6. The number of amides is 7. The number of hydrogen-bond acceptors (Lipinski definition) is 8. The second-order valence-electron chi connectivity index (χ2n) is 10.7. The first-order valence-electron chi connectivity index (χ1n) is 12.6. The molecule has 0 aromatic heterocycles. The Hall–Kier alpha value is -3.15. The molecule has 2 aliphatic carbocycles. The summed E-state index contributed by atoms with van der Waals surface area (Å²) in [7, 11) is 1.50. The summed E-state index contributed by atoms with van der Waals surface area (Å²) >= 11 is 0. The molecule has 4 rings (SSSR count). The quantitative estimate of drug-likeness (QED) is 0.259. The molecule has 36 heavy (non-hydrogen) atoms. The molecule has 0 radical (unpaired) electrons. The fourth-order valence-corrected chi connectivity index (χ4v) is 6.35. The summed E-state index contributed by atoms with van der Waals surface area (Å²) in [5.41, 5.74) is 9.94. The van der Waals surface area contributed by atoms with Crippen molar-refractivity contribution in [1.29, 1.82) is 0 Å². The van der Waals surface area contributed by atoms with Crippen LogP contribution in [0.3, 0.4) is 0 Å². The lowest BCUT2D eigenvalue weighted by molar-refractivity contribution is -0.139. The average molecular weight is 505 g/mol. The van der Waals surface area contributed by atoms with Crippen LogP contribution in [-0.4, -0.2) is 82.4 Å². The van der Waals surface area contributed by atoms with E-state index in [1.165, 1.54) is 7.11 Å². The number of carbonyl (C=O) groups is 5. The summed E-state index contributed by atoms with van der Waals surface area (Å²) in [6.45, 7) is 3.97. The first-order chi connectivity index (χ1) is 17.0. The summed E-state index contributed by atoms with van der Waals surface area (Å²) in [4.78, 5) is 67.9. The normalized spacial score (nSPS) is 32.9. The lowest BCUT2D eigenvalue weighted by atomic mass is 9.57. The van der Waals surface area contributed by atoms with Gasteiger partial charge in [-0.1, -0.05) is 13.3 Å². The van der Waals surface area contributed by atoms with Gasteiger partial charge in [-0.3, -0.25) is 29.5 Å². The van der Waals surface area contributed by atoms with E-state index in [9.17, 15) is 24.0 Å². The number of nitrogens with two attached hydrogens (primary N) is 2. The van der Waals surface area contributed by atoms with Crippen molar-refractivity contribution < 1.29 is 28.7 Å². The topological polar surface area (TPSA) is 168 Å². The number of carbonyl (C=O) groups excluding carboxylic acids is 5. The van der Waals surface area contributed by atoms with Gasteiger partial charge in [-0.2, -0.15) is 0 Å². The molecule has 198 valence electrons. The molecule has 4 fully saturated rings. The smallest absolute Gasteiger partial charge is 0.334 e. The maximum absolute atomic E-state index is 13.2. The molecular weight excluding hydrogens is 468 g/mol. The van der Waals surface area contributed by atoms with Gasteiger partial charge in [0.1, 0.15) is 16.9 Å². The number of nitrogens with zero attached hydrogens (tertiary/aromatic N) is 3. The van der Waals surface area contributed by atoms with Crippen molar-refractivity contribution in [3.05, 3.63) is 11.4 Å². The maximum atomic E-state index is 13.2. The Balaban J connectivity index is 1.44. The largest absolute Gasteiger partial charge is 0.385 e. The van der Waals surface area contributed by atoms with Gasteiger partial charge in [-0.15, -0.1) is 0 Å². The van der Waals surface area contributed by atoms with Crippen LogP contribution in [0.15, 0.2) is 11.4 Å². The standard InChI is InChI=1S/C24H36N6O6/c1-4-5-10-28-18(31)16(17(25)26)19(32)29(22(28)35)14-6-8-24(9-7-14)11-15(12-24)30-21(34)27-20(33)23(30,2)13-36-3/h14-15H,4-13,25-26H2,1-3H3,(H,27,33,34)/t14?,15?,23-,24?/m1/s1. The van der Waals surface area contributed by atoms with Crippen LogP contribution in [0.5, 0.6) is 0 Å². The molecule has 2 saturated heterocycles. The van der Waals surface area contributed by atoms with Crippen LogP contribution in [0.4, 0.5) is 9.59 Å². The van der Waals surface area contributed by atoms with E-state index >= 15 is 0 Å². The number of barbiturate groups is 1. The monoisotopic (exact) mass is 504 g/mol. The predicted octanol–water partition coefficient (Wildman–Crippen LogP) is 0.755. The van der Waals surface area contributed by atoms with E-state index < -0.39 is 29.4 Å². The zero-order valence-electron chi connectivity index (χ0n) is 21.2. The highest BCUT2D eigenvalue weighted by molar-refractivity contribution is 6.29. The Labute approximate surface area is 210 Å². The van der Waals surface area contributed by atoms with Crippen LogP contribution >= 0.6 is 0 Å². The van der Waals surface area contributed by atoms with Crippen molar-refractivity contribution in [2.24, 2.45) is 16.9 Å². The Kier molecular flexibility index (Phi) is 6.76.